The van der Waals surface area contributed by atoms with Gasteiger partial charge in [-0.1, -0.05) is 37.6 Å². The number of benzene rings is 1. The van der Waals surface area contributed by atoms with Gasteiger partial charge in [-0.15, -0.1) is 0 Å². The highest BCUT2D eigenvalue weighted by Crippen LogP contribution is 2.23. The molecular formula is C17H29N3. The first-order valence-electron chi connectivity index (χ1n) is 7.80. The fraction of sp³-hybridized carbons (Fsp3) is 0.647. The number of piperazine rings is 1. The lowest BCUT2D eigenvalue weighted by molar-refractivity contribution is 0.0897. The maximum Gasteiger partial charge on any atom is 0.0488 e. The van der Waals surface area contributed by atoms with Crippen LogP contribution in [0.1, 0.15) is 30.5 Å². The van der Waals surface area contributed by atoms with E-state index in [1.54, 1.807) is 0 Å². The Hall–Kier alpha value is -0.900. The lowest BCUT2D eigenvalue weighted by atomic mass is 9.95. The number of rotatable bonds is 5. The summed E-state index contributed by atoms with van der Waals surface area (Å²) in [6.45, 7) is 5.67. The van der Waals surface area contributed by atoms with E-state index in [4.69, 9.17) is 0 Å². The maximum atomic E-state index is 3.52. The van der Waals surface area contributed by atoms with E-state index >= 15 is 0 Å². The van der Waals surface area contributed by atoms with Crippen LogP contribution in [0.25, 0.3) is 0 Å². The lowest BCUT2D eigenvalue weighted by Crippen LogP contribution is -2.54. The summed E-state index contributed by atoms with van der Waals surface area (Å²) in [5.41, 5.74) is 2.85. The summed E-state index contributed by atoms with van der Waals surface area (Å²) in [5.74, 6) is 0. The van der Waals surface area contributed by atoms with Crippen LogP contribution in [0.5, 0.6) is 0 Å². The smallest absolute Gasteiger partial charge is 0.0488 e. The van der Waals surface area contributed by atoms with Crippen molar-refractivity contribution in [2.24, 2.45) is 0 Å². The first-order chi connectivity index (χ1) is 9.65. The Balaban J connectivity index is 2.14. The van der Waals surface area contributed by atoms with Crippen LogP contribution >= 0.6 is 0 Å². The van der Waals surface area contributed by atoms with Gasteiger partial charge in [0, 0.05) is 31.7 Å². The fourth-order valence-corrected chi connectivity index (χ4v) is 3.17. The van der Waals surface area contributed by atoms with Crippen molar-refractivity contribution in [3.63, 3.8) is 0 Å². The minimum Gasteiger partial charge on any atom is -0.312 e. The summed E-state index contributed by atoms with van der Waals surface area (Å²) in [6.07, 6.45) is 2.39. The van der Waals surface area contributed by atoms with E-state index in [9.17, 15) is 0 Å². The molecule has 0 bridgehead atoms. The number of nitrogens with one attached hydrogen (secondary N) is 1. The molecule has 3 heteroatoms. The number of aryl methyl sites for hydroxylation is 1. The van der Waals surface area contributed by atoms with Gasteiger partial charge in [0.15, 0.2) is 0 Å². The average molecular weight is 275 g/mol. The summed E-state index contributed by atoms with van der Waals surface area (Å²) in [7, 11) is 6.54. The molecule has 20 heavy (non-hydrogen) atoms. The van der Waals surface area contributed by atoms with Gasteiger partial charge in [0.1, 0.15) is 0 Å². The molecule has 0 radical (unpaired) electrons. The van der Waals surface area contributed by atoms with E-state index in [2.05, 4.69) is 67.4 Å². The minimum atomic E-state index is 0.401. The first kappa shape index (κ1) is 15.5. The number of hydrogen-bond donors (Lipinski definition) is 1. The topological polar surface area (TPSA) is 18.5 Å². The third kappa shape index (κ3) is 3.60. The summed E-state index contributed by atoms with van der Waals surface area (Å²) in [6, 6.07) is 10.1. The normalized spacial score (nSPS) is 22.9. The van der Waals surface area contributed by atoms with Crippen LogP contribution in [0, 0.1) is 0 Å². The van der Waals surface area contributed by atoms with Crippen molar-refractivity contribution >= 4 is 0 Å². The van der Waals surface area contributed by atoms with Crippen LogP contribution in [-0.2, 0) is 6.42 Å². The molecule has 1 aliphatic rings. The van der Waals surface area contributed by atoms with Gasteiger partial charge in [-0.25, -0.2) is 0 Å². The van der Waals surface area contributed by atoms with Gasteiger partial charge >= 0.3 is 0 Å². The zero-order chi connectivity index (χ0) is 14.5. The van der Waals surface area contributed by atoms with Gasteiger partial charge in [-0.05, 0) is 38.7 Å². The fourth-order valence-electron chi connectivity index (χ4n) is 3.17. The van der Waals surface area contributed by atoms with Gasteiger partial charge in [0.2, 0.25) is 0 Å². The van der Waals surface area contributed by atoms with Gasteiger partial charge in [0.25, 0.3) is 0 Å². The van der Waals surface area contributed by atoms with E-state index in [-0.39, 0.29) is 0 Å². The Morgan fingerprint density at radius 2 is 1.90 bits per heavy atom. The highest BCUT2D eigenvalue weighted by atomic mass is 15.3. The predicted octanol–water partition coefficient (Wildman–Crippen LogP) is 2.15. The van der Waals surface area contributed by atoms with Crippen LogP contribution in [0.15, 0.2) is 24.3 Å². The van der Waals surface area contributed by atoms with E-state index < -0.39 is 0 Å². The second kappa shape index (κ2) is 7.21. The third-order valence-corrected chi connectivity index (χ3v) is 4.47. The number of nitrogens with zero attached hydrogens (tertiary/aromatic N) is 2. The highest BCUT2D eigenvalue weighted by Gasteiger charge is 2.29. The van der Waals surface area contributed by atoms with Gasteiger partial charge in [-0.3, -0.25) is 4.90 Å². The Morgan fingerprint density at radius 1 is 1.20 bits per heavy atom. The molecule has 2 atom stereocenters. The van der Waals surface area contributed by atoms with Crippen molar-refractivity contribution in [1.82, 2.24) is 15.1 Å². The van der Waals surface area contributed by atoms with Crippen LogP contribution in [0.4, 0.5) is 0 Å². The van der Waals surface area contributed by atoms with Crippen molar-refractivity contribution in [1.29, 1.82) is 0 Å². The minimum absolute atomic E-state index is 0.401. The molecule has 0 aromatic heterocycles. The van der Waals surface area contributed by atoms with E-state index in [1.165, 1.54) is 30.5 Å². The summed E-state index contributed by atoms with van der Waals surface area (Å²) < 4.78 is 0. The number of hydrogen-bond acceptors (Lipinski definition) is 3. The summed E-state index contributed by atoms with van der Waals surface area (Å²) >= 11 is 0. The van der Waals surface area contributed by atoms with Crippen molar-refractivity contribution in [2.75, 3.05) is 40.8 Å². The molecule has 2 unspecified atom stereocenters. The van der Waals surface area contributed by atoms with Crippen molar-refractivity contribution in [3.05, 3.63) is 35.4 Å². The maximum absolute atomic E-state index is 3.52. The van der Waals surface area contributed by atoms with Crippen molar-refractivity contribution in [2.45, 2.75) is 31.8 Å². The lowest BCUT2D eigenvalue weighted by Gasteiger charge is -2.42. The summed E-state index contributed by atoms with van der Waals surface area (Å²) in [5, 5.41) is 3.52. The molecular weight excluding hydrogens is 246 g/mol. The SMILES string of the molecule is CCCc1ccc(C(NC)C2CN(C)CCN2C)cc1. The molecule has 1 heterocycles. The average Bonchev–Trinajstić information content (AvgIpc) is 2.45. The molecule has 2 rings (SSSR count). The molecule has 0 amide bonds. The molecule has 1 saturated heterocycles. The third-order valence-electron chi connectivity index (χ3n) is 4.47. The van der Waals surface area contributed by atoms with Crippen LogP contribution < -0.4 is 5.32 Å². The van der Waals surface area contributed by atoms with Crippen molar-refractivity contribution in [3.8, 4) is 0 Å². The van der Waals surface area contributed by atoms with E-state index in [0.717, 1.165) is 13.1 Å². The molecule has 0 spiro atoms. The quantitative estimate of drug-likeness (QED) is 0.888. The molecule has 112 valence electrons. The molecule has 1 aliphatic heterocycles. The Labute approximate surface area is 124 Å². The molecule has 1 N–H and O–H groups in total. The van der Waals surface area contributed by atoms with Crippen LogP contribution in [-0.4, -0.2) is 56.6 Å². The molecule has 3 nitrogen and oxygen atoms in total. The molecule has 0 saturated carbocycles. The standard InChI is InChI=1S/C17H29N3/c1-5-6-14-7-9-15(10-8-14)17(18-2)16-13-19(3)11-12-20(16)4/h7-10,16-18H,5-6,11-13H2,1-4H3. The molecule has 1 fully saturated rings. The monoisotopic (exact) mass is 275 g/mol. The first-order valence-corrected chi connectivity index (χ1v) is 7.80. The van der Waals surface area contributed by atoms with E-state index in [1.807, 2.05) is 0 Å². The van der Waals surface area contributed by atoms with Gasteiger partial charge in [0.05, 0.1) is 0 Å². The second-order valence-electron chi connectivity index (χ2n) is 6.07. The van der Waals surface area contributed by atoms with Crippen LogP contribution in [0.3, 0.4) is 0 Å². The van der Waals surface area contributed by atoms with Crippen molar-refractivity contribution < 1.29 is 0 Å². The molecule has 1 aromatic rings. The van der Waals surface area contributed by atoms with Gasteiger partial charge < -0.3 is 10.2 Å². The molecule has 0 aliphatic carbocycles. The zero-order valence-electron chi connectivity index (χ0n) is 13.4. The number of likely N-dealkylation sites (N-methyl/N-ethyl adjacent to an activating group) is 3. The highest BCUT2D eigenvalue weighted by molar-refractivity contribution is 5.26. The van der Waals surface area contributed by atoms with E-state index in [0.29, 0.717) is 12.1 Å². The molecule has 1 aromatic carbocycles. The van der Waals surface area contributed by atoms with Crippen LogP contribution in [0.2, 0.25) is 0 Å². The Bertz CT molecular complexity index is 401. The Kier molecular flexibility index (Phi) is 5.58. The van der Waals surface area contributed by atoms with Gasteiger partial charge in [-0.2, -0.15) is 0 Å². The second-order valence-corrected chi connectivity index (χ2v) is 6.07. The summed E-state index contributed by atoms with van der Waals surface area (Å²) in [4.78, 5) is 4.92. The zero-order valence-corrected chi connectivity index (χ0v) is 13.4. The largest absolute Gasteiger partial charge is 0.312 e. The Morgan fingerprint density at radius 3 is 2.50 bits per heavy atom. The predicted molar refractivity (Wildman–Crippen MR) is 86.2 cm³/mol.